The molecule has 4 nitrogen and oxygen atoms in total. The lowest BCUT2D eigenvalue weighted by molar-refractivity contribution is 0.518. The number of benzene rings is 1. The van der Waals surface area contributed by atoms with Crippen molar-refractivity contribution in [1.29, 1.82) is 5.26 Å². The highest BCUT2D eigenvalue weighted by atomic mass is 15.2. The molecule has 0 fully saturated rings. The molecule has 2 N–H and O–H groups in total. The van der Waals surface area contributed by atoms with Crippen molar-refractivity contribution >= 4 is 17.0 Å². The average Bonchev–Trinajstić information content (AvgIpc) is 2.65. The van der Waals surface area contributed by atoms with Crippen LogP contribution in [0.5, 0.6) is 0 Å². The maximum atomic E-state index is 9.04. The molecular weight excluding hydrogens is 212 g/mol. The van der Waals surface area contributed by atoms with E-state index < -0.39 is 0 Å². The summed E-state index contributed by atoms with van der Waals surface area (Å²) in [5.74, 6) is 0.489. The second kappa shape index (κ2) is 4.46. The van der Waals surface area contributed by atoms with Crippen LogP contribution in [0.2, 0.25) is 0 Å². The lowest BCUT2D eigenvalue weighted by Gasteiger charge is -2.14. The number of aromatic nitrogens is 2. The van der Waals surface area contributed by atoms with Crippen molar-refractivity contribution in [2.24, 2.45) is 0 Å². The molecule has 0 saturated carbocycles. The van der Waals surface area contributed by atoms with Crippen LogP contribution in [0.15, 0.2) is 18.2 Å². The van der Waals surface area contributed by atoms with Crippen LogP contribution in [0, 0.1) is 11.3 Å². The molecule has 0 saturated heterocycles. The standard InChI is InChI=1S/C13H16N4/c1-3-5-9(2)17-11-7-4-6-10(8-14)12(11)16-13(17)15/h4,6-7,9H,3,5H2,1-2H3,(H2,15,16). The second-order valence-corrected chi connectivity index (χ2v) is 4.26. The van der Waals surface area contributed by atoms with Gasteiger partial charge in [-0.25, -0.2) is 4.98 Å². The summed E-state index contributed by atoms with van der Waals surface area (Å²) in [6.45, 7) is 4.27. The van der Waals surface area contributed by atoms with Gasteiger partial charge < -0.3 is 10.3 Å². The minimum absolute atomic E-state index is 0.305. The molecule has 0 bridgehead atoms. The predicted octanol–water partition coefficient (Wildman–Crippen LogP) is 2.85. The van der Waals surface area contributed by atoms with Crippen molar-refractivity contribution in [2.45, 2.75) is 32.7 Å². The minimum Gasteiger partial charge on any atom is -0.369 e. The number of nitriles is 1. The molecule has 1 aromatic carbocycles. The van der Waals surface area contributed by atoms with E-state index in [1.165, 1.54) is 0 Å². The highest BCUT2D eigenvalue weighted by Gasteiger charge is 2.15. The molecule has 0 radical (unpaired) electrons. The number of anilines is 1. The highest BCUT2D eigenvalue weighted by Crippen LogP contribution is 2.26. The van der Waals surface area contributed by atoms with Gasteiger partial charge in [0.2, 0.25) is 5.95 Å². The summed E-state index contributed by atoms with van der Waals surface area (Å²) in [6, 6.07) is 8.06. The van der Waals surface area contributed by atoms with Gasteiger partial charge >= 0.3 is 0 Å². The first-order valence-corrected chi connectivity index (χ1v) is 5.85. The van der Waals surface area contributed by atoms with Crippen LogP contribution in [0.1, 0.15) is 38.3 Å². The Kier molecular flexibility index (Phi) is 3.01. The van der Waals surface area contributed by atoms with Crippen molar-refractivity contribution in [3.8, 4) is 6.07 Å². The molecule has 1 aromatic heterocycles. The van der Waals surface area contributed by atoms with Crippen LogP contribution in [0.4, 0.5) is 5.95 Å². The summed E-state index contributed by atoms with van der Waals surface area (Å²) in [5, 5.41) is 9.04. The van der Waals surface area contributed by atoms with E-state index >= 15 is 0 Å². The lowest BCUT2D eigenvalue weighted by Crippen LogP contribution is -2.08. The number of hydrogen-bond donors (Lipinski definition) is 1. The normalized spacial score (nSPS) is 12.5. The van der Waals surface area contributed by atoms with Crippen LogP contribution in [-0.4, -0.2) is 9.55 Å². The Bertz CT molecular complexity index is 577. The fraction of sp³-hybridized carbons (Fsp3) is 0.385. The number of imidazole rings is 1. The van der Waals surface area contributed by atoms with Gasteiger partial charge in [-0.2, -0.15) is 5.26 Å². The molecule has 0 spiro atoms. The van der Waals surface area contributed by atoms with E-state index in [2.05, 4.69) is 24.9 Å². The quantitative estimate of drug-likeness (QED) is 0.878. The van der Waals surface area contributed by atoms with Gasteiger partial charge in [0.25, 0.3) is 0 Å². The molecule has 1 atom stereocenters. The summed E-state index contributed by atoms with van der Waals surface area (Å²) < 4.78 is 2.01. The van der Waals surface area contributed by atoms with Gasteiger partial charge in [0, 0.05) is 6.04 Å². The Morgan fingerprint density at radius 2 is 2.29 bits per heavy atom. The third-order valence-corrected chi connectivity index (χ3v) is 3.02. The molecule has 0 aliphatic heterocycles. The molecule has 17 heavy (non-hydrogen) atoms. The zero-order valence-electron chi connectivity index (χ0n) is 10.1. The number of nitrogen functional groups attached to an aromatic ring is 1. The zero-order chi connectivity index (χ0) is 12.4. The fourth-order valence-electron chi connectivity index (χ4n) is 2.24. The molecule has 1 heterocycles. The van der Waals surface area contributed by atoms with Crippen molar-refractivity contribution in [1.82, 2.24) is 9.55 Å². The molecule has 88 valence electrons. The van der Waals surface area contributed by atoms with E-state index in [1.807, 2.05) is 16.7 Å². The minimum atomic E-state index is 0.305. The van der Waals surface area contributed by atoms with E-state index in [-0.39, 0.29) is 0 Å². The van der Waals surface area contributed by atoms with Crippen LogP contribution in [0.3, 0.4) is 0 Å². The van der Waals surface area contributed by atoms with Crippen LogP contribution in [-0.2, 0) is 0 Å². The Balaban J connectivity index is 2.65. The first kappa shape index (κ1) is 11.5. The van der Waals surface area contributed by atoms with E-state index in [0.717, 1.165) is 18.4 Å². The highest BCUT2D eigenvalue weighted by molar-refractivity contribution is 5.84. The third kappa shape index (κ3) is 1.84. The zero-order valence-corrected chi connectivity index (χ0v) is 10.1. The molecule has 0 aliphatic carbocycles. The first-order chi connectivity index (χ1) is 8.19. The van der Waals surface area contributed by atoms with Gasteiger partial charge in [0.05, 0.1) is 11.1 Å². The van der Waals surface area contributed by atoms with Gasteiger partial charge in [0.15, 0.2) is 0 Å². The molecule has 0 aliphatic rings. The molecule has 2 aromatic rings. The van der Waals surface area contributed by atoms with Crippen LogP contribution < -0.4 is 5.73 Å². The number of rotatable bonds is 3. The molecule has 4 heteroatoms. The van der Waals surface area contributed by atoms with E-state index in [4.69, 9.17) is 11.0 Å². The fourth-order valence-corrected chi connectivity index (χ4v) is 2.24. The van der Waals surface area contributed by atoms with Crippen LogP contribution in [0.25, 0.3) is 11.0 Å². The summed E-state index contributed by atoms with van der Waals surface area (Å²) in [4.78, 5) is 4.31. The lowest BCUT2D eigenvalue weighted by atomic mass is 10.1. The number of nitrogens with zero attached hydrogens (tertiary/aromatic N) is 3. The van der Waals surface area contributed by atoms with Crippen molar-refractivity contribution in [3.05, 3.63) is 23.8 Å². The monoisotopic (exact) mass is 228 g/mol. The Labute approximate surface area is 101 Å². The summed E-state index contributed by atoms with van der Waals surface area (Å²) in [5.41, 5.74) is 8.18. The van der Waals surface area contributed by atoms with E-state index in [1.54, 1.807) is 6.07 Å². The number of para-hydroxylation sites is 1. The van der Waals surface area contributed by atoms with Gasteiger partial charge in [-0.1, -0.05) is 19.4 Å². The van der Waals surface area contributed by atoms with E-state index in [0.29, 0.717) is 23.1 Å². The Hall–Kier alpha value is -2.02. The summed E-state index contributed by atoms with van der Waals surface area (Å²) in [7, 11) is 0. The number of hydrogen-bond acceptors (Lipinski definition) is 3. The van der Waals surface area contributed by atoms with Crippen molar-refractivity contribution in [3.63, 3.8) is 0 Å². The Morgan fingerprint density at radius 1 is 1.53 bits per heavy atom. The van der Waals surface area contributed by atoms with Gasteiger partial charge in [-0.15, -0.1) is 0 Å². The molecular formula is C13H16N4. The average molecular weight is 228 g/mol. The SMILES string of the molecule is CCCC(C)n1c(N)nc2c(C#N)cccc21. The Morgan fingerprint density at radius 3 is 2.94 bits per heavy atom. The van der Waals surface area contributed by atoms with Crippen molar-refractivity contribution < 1.29 is 0 Å². The van der Waals surface area contributed by atoms with E-state index in [9.17, 15) is 0 Å². The predicted molar refractivity (Wildman–Crippen MR) is 68.5 cm³/mol. The van der Waals surface area contributed by atoms with Gasteiger partial charge in [0.1, 0.15) is 11.6 Å². The number of nitrogens with two attached hydrogens (primary N) is 1. The van der Waals surface area contributed by atoms with Gasteiger partial charge in [-0.3, -0.25) is 0 Å². The number of fused-ring (bicyclic) bond motifs is 1. The topological polar surface area (TPSA) is 67.6 Å². The molecule has 0 amide bonds. The maximum Gasteiger partial charge on any atom is 0.201 e. The molecule has 1 unspecified atom stereocenters. The summed E-state index contributed by atoms with van der Waals surface area (Å²) >= 11 is 0. The molecule has 2 rings (SSSR count). The second-order valence-electron chi connectivity index (χ2n) is 4.26. The van der Waals surface area contributed by atoms with Crippen LogP contribution >= 0.6 is 0 Å². The van der Waals surface area contributed by atoms with Gasteiger partial charge in [-0.05, 0) is 25.5 Å². The summed E-state index contributed by atoms with van der Waals surface area (Å²) in [6.07, 6.45) is 2.14. The first-order valence-electron chi connectivity index (χ1n) is 5.85. The van der Waals surface area contributed by atoms with Crippen molar-refractivity contribution in [2.75, 3.05) is 5.73 Å². The maximum absolute atomic E-state index is 9.04. The largest absolute Gasteiger partial charge is 0.369 e. The smallest absolute Gasteiger partial charge is 0.201 e. The third-order valence-electron chi connectivity index (χ3n) is 3.02.